The van der Waals surface area contributed by atoms with Crippen molar-refractivity contribution in [2.75, 3.05) is 14.2 Å². The third-order valence-electron chi connectivity index (χ3n) is 3.05. The van der Waals surface area contributed by atoms with Crippen molar-refractivity contribution in [2.45, 2.75) is 23.6 Å². The molecule has 0 aliphatic heterocycles. The van der Waals surface area contributed by atoms with Gasteiger partial charge in [-0.25, -0.2) is 0 Å². The number of thioether (sulfide) groups is 1. The van der Waals surface area contributed by atoms with Crippen molar-refractivity contribution in [2.24, 2.45) is 0 Å². The molecular formula is C16H19NO4S. The molecule has 1 amide bonds. The van der Waals surface area contributed by atoms with Gasteiger partial charge in [-0.05, 0) is 37.3 Å². The molecule has 0 radical (unpaired) electrons. The molecule has 0 bridgehead atoms. The van der Waals surface area contributed by atoms with Crippen LogP contribution in [0.3, 0.4) is 0 Å². The lowest BCUT2D eigenvalue weighted by atomic mass is 10.3. The fourth-order valence-electron chi connectivity index (χ4n) is 1.88. The van der Waals surface area contributed by atoms with Crippen molar-refractivity contribution in [3.63, 3.8) is 0 Å². The molecule has 1 atom stereocenters. The lowest BCUT2D eigenvalue weighted by Crippen LogP contribution is -2.30. The van der Waals surface area contributed by atoms with Crippen LogP contribution in [0.2, 0.25) is 0 Å². The van der Waals surface area contributed by atoms with Gasteiger partial charge in [0.1, 0.15) is 5.76 Å². The van der Waals surface area contributed by atoms with Gasteiger partial charge in [-0.3, -0.25) is 4.79 Å². The van der Waals surface area contributed by atoms with E-state index in [2.05, 4.69) is 5.32 Å². The molecule has 2 aromatic rings. The number of benzene rings is 1. The van der Waals surface area contributed by atoms with Crippen LogP contribution in [-0.4, -0.2) is 25.4 Å². The number of hydrogen-bond acceptors (Lipinski definition) is 5. The van der Waals surface area contributed by atoms with E-state index in [4.69, 9.17) is 13.9 Å². The number of amides is 1. The van der Waals surface area contributed by atoms with Crippen molar-refractivity contribution >= 4 is 17.7 Å². The minimum atomic E-state index is -0.229. The fraction of sp³-hybridized carbons (Fsp3) is 0.312. The second-order valence-corrected chi connectivity index (χ2v) is 5.99. The molecule has 0 spiro atoms. The molecule has 1 aromatic heterocycles. The van der Waals surface area contributed by atoms with Crippen LogP contribution in [0.5, 0.6) is 11.5 Å². The number of carbonyl (C=O) groups excluding carboxylic acids is 1. The van der Waals surface area contributed by atoms with E-state index in [0.29, 0.717) is 18.0 Å². The van der Waals surface area contributed by atoms with E-state index in [1.165, 1.54) is 11.8 Å². The highest BCUT2D eigenvalue weighted by Crippen LogP contribution is 2.33. The number of methoxy groups -OCH3 is 2. The smallest absolute Gasteiger partial charge is 0.233 e. The summed E-state index contributed by atoms with van der Waals surface area (Å²) in [4.78, 5) is 13.0. The topological polar surface area (TPSA) is 60.7 Å². The van der Waals surface area contributed by atoms with Crippen LogP contribution >= 0.6 is 11.8 Å². The van der Waals surface area contributed by atoms with Crippen LogP contribution in [-0.2, 0) is 11.3 Å². The Hall–Kier alpha value is -2.08. The van der Waals surface area contributed by atoms with Crippen LogP contribution in [0.4, 0.5) is 0 Å². The Balaban J connectivity index is 1.93. The van der Waals surface area contributed by atoms with Gasteiger partial charge in [0.2, 0.25) is 5.91 Å². The van der Waals surface area contributed by atoms with E-state index in [0.717, 1.165) is 10.7 Å². The first-order valence-electron chi connectivity index (χ1n) is 6.83. The average molecular weight is 321 g/mol. The van der Waals surface area contributed by atoms with Crippen molar-refractivity contribution in [3.8, 4) is 11.5 Å². The maximum atomic E-state index is 12.1. The first-order chi connectivity index (χ1) is 10.6. The van der Waals surface area contributed by atoms with Crippen molar-refractivity contribution in [3.05, 3.63) is 42.4 Å². The van der Waals surface area contributed by atoms with Gasteiger partial charge in [-0.1, -0.05) is 0 Å². The van der Waals surface area contributed by atoms with Crippen molar-refractivity contribution in [1.29, 1.82) is 0 Å². The molecule has 118 valence electrons. The number of carbonyl (C=O) groups is 1. The van der Waals surface area contributed by atoms with Crippen molar-refractivity contribution < 1.29 is 18.7 Å². The minimum absolute atomic E-state index is 0.0452. The standard InChI is InChI=1S/C16H19NO4S/c1-11(16(18)17-10-12-5-4-8-21-12)22-13-6-7-14(19-2)15(9-13)20-3/h4-9,11H,10H2,1-3H3,(H,17,18). The second-order valence-electron chi connectivity index (χ2n) is 4.57. The Morgan fingerprint density at radius 1 is 1.27 bits per heavy atom. The highest BCUT2D eigenvalue weighted by Gasteiger charge is 2.15. The van der Waals surface area contributed by atoms with E-state index in [-0.39, 0.29) is 11.2 Å². The number of rotatable bonds is 7. The summed E-state index contributed by atoms with van der Waals surface area (Å²) < 4.78 is 15.6. The first-order valence-corrected chi connectivity index (χ1v) is 7.70. The molecule has 1 unspecified atom stereocenters. The molecule has 1 aromatic carbocycles. The molecule has 0 saturated carbocycles. The normalized spacial score (nSPS) is 11.8. The van der Waals surface area contributed by atoms with E-state index < -0.39 is 0 Å². The van der Waals surface area contributed by atoms with E-state index >= 15 is 0 Å². The first kappa shape index (κ1) is 16.3. The van der Waals surface area contributed by atoms with Gasteiger partial charge < -0.3 is 19.2 Å². The summed E-state index contributed by atoms with van der Waals surface area (Å²) in [5.74, 6) is 2.00. The predicted molar refractivity (Wildman–Crippen MR) is 85.4 cm³/mol. The largest absolute Gasteiger partial charge is 0.493 e. The molecule has 0 saturated heterocycles. The number of nitrogens with one attached hydrogen (secondary N) is 1. The highest BCUT2D eigenvalue weighted by atomic mass is 32.2. The summed E-state index contributed by atoms with van der Waals surface area (Å²) in [6.45, 7) is 2.25. The highest BCUT2D eigenvalue weighted by molar-refractivity contribution is 8.00. The molecule has 0 aliphatic rings. The van der Waals surface area contributed by atoms with Gasteiger partial charge >= 0.3 is 0 Å². The van der Waals surface area contributed by atoms with Crippen LogP contribution in [0, 0.1) is 0 Å². The SMILES string of the molecule is COc1ccc(SC(C)C(=O)NCc2ccco2)cc1OC. The van der Waals surface area contributed by atoms with Gasteiger partial charge in [-0.15, -0.1) is 11.8 Å². The summed E-state index contributed by atoms with van der Waals surface area (Å²) in [5, 5.41) is 2.62. The zero-order chi connectivity index (χ0) is 15.9. The molecule has 22 heavy (non-hydrogen) atoms. The summed E-state index contributed by atoms with van der Waals surface area (Å²) in [6, 6.07) is 9.21. The van der Waals surface area contributed by atoms with Crippen LogP contribution in [0.1, 0.15) is 12.7 Å². The van der Waals surface area contributed by atoms with Crippen LogP contribution in [0.25, 0.3) is 0 Å². The molecule has 2 rings (SSSR count). The lowest BCUT2D eigenvalue weighted by Gasteiger charge is -2.13. The summed E-state index contributed by atoms with van der Waals surface area (Å²) in [6.07, 6.45) is 1.59. The second kappa shape index (κ2) is 7.79. The van der Waals surface area contributed by atoms with Crippen LogP contribution < -0.4 is 14.8 Å². The quantitative estimate of drug-likeness (QED) is 0.794. The summed E-state index contributed by atoms with van der Waals surface area (Å²) >= 11 is 1.46. The fourth-order valence-corrected chi connectivity index (χ4v) is 2.80. The molecule has 6 heteroatoms. The molecular weight excluding hydrogens is 302 g/mol. The third-order valence-corrected chi connectivity index (χ3v) is 4.15. The van der Waals surface area contributed by atoms with E-state index in [1.54, 1.807) is 26.5 Å². The Bertz CT molecular complexity index is 613. The number of ether oxygens (including phenoxy) is 2. The van der Waals surface area contributed by atoms with Gasteiger partial charge in [0.15, 0.2) is 11.5 Å². The molecule has 0 aliphatic carbocycles. The van der Waals surface area contributed by atoms with Gasteiger partial charge in [0.25, 0.3) is 0 Å². The third kappa shape index (κ3) is 4.21. The maximum absolute atomic E-state index is 12.1. The maximum Gasteiger partial charge on any atom is 0.233 e. The Morgan fingerprint density at radius 2 is 2.05 bits per heavy atom. The minimum Gasteiger partial charge on any atom is -0.493 e. The summed E-state index contributed by atoms with van der Waals surface area (Å²) in [7, 11) is 3.18. The van der Waals surface area contributed by atoms with E-state index in [9.17, 15) is 4.79 Å². The molecule has 0 fully saturated rings. The average Bonchev–Trinajstić information content (AvgIpc) is 3.05. The Morgan fingerprint density at radius 3 is 2.68 bits per heavy atom. The predicted octanol–water partition coefficient (Wildman–Crippen LogP) is 3.09. The van der Waals surface area contributed by atoms with Crippen LogP contribution in [0.15, 0.2) is 45.9 Å². The summed E-state index contributed by atoms with van der Waals surface area (Å²) in [5.41, 5.74) is 0. The molecule has 1 heterocycles. The van der Waals surface area contributed by atoms with Gasteiger partial charge in [0.05, 0.1) is 32.3 Å². The molecule has 5 nitrogen and oxygen atoms in total. The Kier molecular flexibility index (Phi) is 5.77. The van der Waals surface area contributed by atoms with Gasteiger partial charge in [0, 0.05) is 4.90 Å². The number of hydrogen-bond donors (Lipinski definition) is 1. The zero-order valence-electron chi connectivity index (χ0n) is 12.8. The zero-order valence-corrected chi connectivity index (χ0v) is 13.6. The molecule has 1 N–H and O–H groups in total. The number of furan rings is 1. The lowest BCUT2D eigenvalue weighted by molar-refractivity contribution is -0.120. The van der Waals surface area contributed by atoms with E-state index in [1.807, 2.05) is 31.2 Å². The van der Waals surface area contributed by atoms with Gasteiger partial charge in [-0.2, -0.15) is 0 Å². The monoisotopic (exact) mass is 321 g/mol. The Labute approximate surface area is 134 Å². The van der Waals surface area contributed by atoms with Crippen molar-refractivity contribution in [1.82, 2.24) is 5.32 Å².